The van der Waals surface area contributed by atoms with Crippen molar-refractivity contribution in [2.24, 2.45) is 0 Å². The van der Waals surface area contributed by atoms with Gasteiger partial charge in [-0.3, -0.25) is 0 Å². The molecule has 0 saturated carbocycles. The number of esters is 1. The van der Waals surface area contributed by atoms with Gasteiger partial charge in [-0.2, -0.15) is 16.8 Å². The van der Waals surface area contributed by atoms with Crippen LogP contribution in [0.2, 0.25) is 0 Å². The quantitative estimate of drug-likeness (QED) is 0.151. The van der Waals surface area contributed by atoms with E-state index in [0.29, 0.717) is 16.7 Å². The van der Waals surface area contributed by atoms with E-state index in [1.807, 2.05) is 30.3 Å². The van der Waals surface area contributed by atoms with Crippen molar-refractivity contribution in [3.8, 4) is 51.0 Å². The lowest BCUT2D eigenvalue weighted by Gasteiger charge is -2.21. The number of benzene rings is 4. The third-order valence-corrected chi connectivity index (χ3v) is 7.15. The maximum atomic E-state index is 12.8. The Balaban J connectivity index is 1.90. The van der Waals surface area contributed by atoms with Crippen LogP contribution in [0.5, 0.6) is 28.7 Å². The standard InChI is InChI=1S/C31H30O11S2/c1-37-27-18-24(21-11-14-23(15-12-21)41-43(4,33)34)29(38-2)30(42-44(5,35)36)28(27)22-13-16-26(25(17-22)31(32)39-3)40-19-20-9-7-6-8-10-20/h6-18H,19H2,1-5H3. The summed E-state index contributed by atoms with van der Waals surface area (Å²) in [6, 6.07) is 21.6. The molecule has 0 bridgehead atoms. The van der Waals surface area contributed by atoms with Crippen LogP contribution in [-0.4, -0.2) is 56.6 Å². The summed E-state index contributed by atoms with van der Waals surface area (Å²) in [6.45, 7) is 0.187. The summed E-state index contributed by atoms with van der Waals surface area (Å²) < 4.78 is 80.7. The highest BCUT2D eigenvalue weighted by Gasteiger charge is 2.27. The van der Waals surface area contributed by atoms with Crippen LogP contribution in [0.25, 0.3) is 22.3 Å². The van der Waals surface area contributed by atoms with Crippen molar-refractivity contribution in [1.29, 1.82) is 0 Å². The molecule has 0 unspecified atom stereocenters. The number of carbonyl (C=O) groups is 1. The molecule has 0 N–H and O–H groups in total. The Labute approximate surface area is 256 Å². The van der Waals surface area contributed by atoms with Crippen LogP contribution in [0.3, 0.4) is 0 Å². The van der Waals surface area contributed by atoms with Crippen LogP contribution in [0.15, 0.2) is 78.9 Å². The molecular formula is C31H30O11S2. The highest BCUT2D eigenvalue weighted by Crippen LogP contribution is 2.51. The summed E-state index contributed by atoms with van der Waals surface area (Å²) in [5, 5.41) is 0. The largest absolute Gasteiger partial charge is 0.496 e. The van der Waals surface area contributed by atoms with E-state index >= 15 is 0 Å². The Hall–Kier alpha value is -4.75. The van der Waals surface area contributed by atoms with Gasteiger partial charge in [0, 0.05) is 5.56 Å². The molecule has 11 nitrogen and oxygen atoms in total. The normalized spacial score (nSPS) is 11.4. The van der Waals surface area contributed by atoms with Gasteiger partial charge in [-0.1, -0.05) is 48.5 Å². The number of hydrogen-bond acceptors (Lipinski definition) is 11. The first-order valence-corrected chi connectivity index (χ1v) is 16.5. The fraction of sp³-hybridized carbons (Fsp3) is 0.194. The number of hydrogen-bond donors (Lipinski definition) is 0. The fourth-order valence-electron chi connectivity index (χ4n) is 4.38. The van der Waals surface area contributed by atoms with Gasteiger partial charge >= 0.3 is 26.2 Å². The molecule has 0 atom stereocenters. The van der Waals surface area contributed by atoms with E-state index in [0.717, 1.165) is 18.1 Å². The molecule has 0 heterocycles. The smallest absolute Gasteiger partial charge is 0.341 e. The Morgan fingerprint density at radius 2 is 1.32 bits per heavy atom. The number of rotatable bonds is 12. The van der Waals surface area contributed by atoms with Crippen molar-refractivity contribution >= 4 is 26.2 Å². The molecule has 0 aromatic heterocycles. The zero-order valence-electron chi connectivity index (χ0n) is 24.5. The molecule has 0 aliphatic rings. The Morgan fingerprint density at radius 1 is 0.682 bits per heavy atom. The maximum absolute atomic E-state index is 12.8. The highest BCUT2D eigenvalue weighted by atomic mass is 32.2. The lowest BCUT2D eigenvalue weighted by Crippen LogP contribution is -2.10. The molecule has 232 valence electrons. The van der Waals surface area contributed by atoms with Gasteiger partial charge in [-0.25, -0.2) is 4.79 Å². The lowest BCUT2D eigenvalue weighted by atomic mass is 9.95. The van der Waals surface area contributed by atoms with Gasteiger partial charge in [0.15, 0.2) is 11.5 Å². The minimum absolute atomic E-state index is 0.0343. The molecule has 0 amide bonds. The molecular weight excluding hydrogens is 612 g/mol. The first kappa shape index (κ1) is 32.2. The Kier molecular flexibility index (Phi) is 9.70. The summed E-state index contributed by atoms with van der Waals surface area (Å²) in [5.41, 5.74) is 2.36. The van der Waals surface area contributed by atoms with E-state index in [9.17, 15) is 21.6 Å². The second-order valence-corrected chi connectivity index (χ2v) is 12.6. The summed E-state index contributed by atoms with van der Waals surface area (Å²) in [6.07, 6.45) is 1.81. The van der Waals surface area contributed by atoms with Crippen LogP contribution >= 0.6 is 0 Å². The minimum Gasteiger partial charge on any atom is -0.496 e. The monoisotopic (exact) mass is 642 g/mol. The number of ether oxygens (including phenoxy) is 4. The van der Waals surface area contributed by atoms with E-state index in [4.69, 9.17) is 27.3 Å². The highest BCUT2D eigenvalue weighted by molar-refractivity contribution is 7.86. The van der Waals surface area contributed by atoms with Crippen molar-refractivity contribution in [3.63, 3.8) is 0 Å². The summed E-state index contributed by atoms with van der Waals surface area (Å²) in [7, 11) is -3.89. The molecule has 0 aliphatic heterocycles. The Bertz CT molecular complexity index is 1870. The van der Waals surface area contributed by atoms with Crippen molar-refractivity contribution in [3.05, 3.63) is 90.0 Å². The van der Waals surface area contributed by atoms with Crippen LogP contribution in [0, 0.1) is 0 Å². The van der Waals surface area contributed by atoms with E-state index < -0.39 is 26.2 Å². The zero-order valence-corrected chi connectivity index (χ0v) is 26.2. The fourth-order valence-corrected chi connectivity index (χ4v) is 5.30. The van der Waals surface area contributed by atoms with Gasteiger partial charge in [0.2, 0.25) is 0 Å². The van der Waals surface area contributed by atoms with Crippen LogP contribution in [0.1, 0.15) is 15.9 Å². The molecule has 0 aliphatic carbocycles. The molecule has 0 saturated heterocycles. The minimum atomic E-state index is -4.11. The first-order chi connectivity index (χ1) is 20.8. The van der Waals surface area contributed by atoms with Crippen molar-refractivity contribution in [2.75, 3.05) is 33.8 Å². The average molecular weight is 643 g/mol. The van der Waals surface area contributed by atoms with Gasteiger partial charge in [0.1, 0.15) is 29.4 Å². The van der Waals surface area contributed by atoms with Gasteiger partial charge in [-0.05, 0) is 47.0 Å². The van der Waals surface area contributed by atoms with E-state index in [-0.39, 0.29) is 46.5 Å². The van der Waals surface area contributed by atoms with Crippen LogP contribution in [-0.2, 0) is 31.6 Å². The summed E-state index contributed by atoms with van der Waals surface area (Å²) in [5.74, 6) is -0.337. The predicted octanol–water partition coefficient (Wildman–Crippen LogP) is 5.08. The number of carbonyl (C=O) groups excluding carboxylic acids is 1. The number of methoxy groups -OCH3 is 3. The van der Waals surface area contributed by atoms with Crippen LogP contribution in [0.4, 0.5) is 0 Å². The van der Waals surface area contributed by atoms with E-state index in [2.05, 4.69) is 0 Å². The van der Waals surface area contributed by atoms with Crippen molar-refractivity contribution < 1.29 is 48.9 Å². The van der Waals surface area contributed by atoms with Gasteiger partial charge < -0.3 is 27.3 Å². The molecule has 4 aromatic rings. The Morgan fingerprint density at radius 3 is 1.89 bits per heavy atom. The molecule has 13 heteroatoms. The second-order valence-electron chi connectivity index (χ2n) is 9.44. The van der Waals surface area contributed by atoms with E-state index in [1.54, 1.807) is 30.3 Å². The molecule has 44 heavy (non-hydrogen) atoms. The van der Waals surface area contributed by atoms with E-state index in [1.165, 1.54) is 39.5 Å². The first-order valence-electron chi connectivity index (χ1n) is 12.9. The second kappa shape index (κ2) is 13.3. The van der Waals surface area contributed by atoms with Gasteiger partial charge in [0.25, 0.3) is 0 Å². The molecule has 4 rings (SSSR count). The molecule has 4 aromatic carbocycles. The zero-order chi connectivity index (χ0) is 32.1. The molecule has 0 fully saturated rings. The van der Waals surface area contributed by atoms with Gasteiger partial charge in [0.05, 0.1) is 39.4 Å². The van der Waals surface area contributed by atoms with Crippen molar-refractivity contribution in [2.45, 2.75) is 6.61 Å². The molecule has 0 spiro atoms. The maximum Gasteiger partial charge on any atom is 0.341 e. The lowest BCUT2D eigenvalue weighted by molar-refractivity contribution is 0.0595. The average Bonchev–Trinajstić information content (AvgIpc) is 2.98. The summed E-state index contributed by atoms with van der Waals surface area (Å²) in [4.78, 5) is 12.8. The topological polar surface area (TPSA) is 141 Å². The third kappa shape index (κ3) is 7.79. The molecule has 0 radical (unpaired) electrons. The van der Waals surface area contributed by atoms with Crippen LogP contribution < -0.4 is 22.6 Å². The van der Waals surface area contributed by atoms with Crippen molar-refractivity contribution in [1.82, 2.24) is 0 Å². The summed E-state index contributed by atoms with van der Waals surface area (Å²) >= 11 is 0. The third-order valence-electron chi connectivity index (χ3n) is 6.18. The predicted molar refractivity (Wildman–Crippen MR) is 163 cm³/mol. The van der Waals surface area contributed by atoms with Gasteiger partial charge in [-0.15, -0.1) is 0 Å². The SMILES string of the molecule is COC(=O)c1cc(-c2c(OC)cc(-c3ccc(OS(C)(=O)=O)cc3)c(OC)c2OS(C)(=O)=O)ccc1OCc1ccccc1.